The standard InChI is InChI=1S/C21H34N4O2.HI/c1-3-22-20(25-17-21(11-7-12-21)13-16-27-2)24-15-8-14-23-19(26)18-9-5-4-6-10-18;/h4-6,9-10H,3,7-8,11-17H2,1-2H3,(H,23,26)(H2,22,24,25);1H. The van der Waals surface area contributed by atoms with Gasteiger partial charge in [0.15, 0.2) is 5.96 Å². The van der Waals surface area contributed by atoms with Crippen molar-refractivity contribution >= 4 is 35.8 Å². The van der Waals surface area contributed by atoms with Crippen LogP contribution in [0.5, 0.6) is 0 Å². The second-order valence-corrected chi connectivity index (χ2v) is 7.19. The molecule has 6 nitrogen and oxygen atoms in total. The maximum atomic E-state index is 12.0. The van der Waals surface area contributed by atoms with Gasteiger partial charge in [0.1, 0.15) is 0 Å². The lowest BCUT2D eigenvalue weighted by molar-refractivity contribution is 0.0778. The normalized spacial score (nSPS) is 15.1. The Balaban J connectivity index is 0.00000392. The zero-order valence-electron chi connectivity index (χ0n) is 17.1. The third-order valence-corrected chi connectivity index (χ3v) is 5.14. The van der Waals surface area contributed by atoms with Crippen LogP contribution in [0.3, 0.4) is 0 Å². The molecule has 28 heavy (non-hydrogen) atoms. The summed E-state index contributed by atoms with van der Waals surface area (Å²) in [6.45, 7) is 5.96. The molecule has 0 unspecified atom stereocenters. The smallest absolute Gasteiger partial charge is 0.251 e. The molecule has 7 heteroatoms. The predicted molar refractivity (Wildman–Crippen MR) is 126 cm³/mol. The van der Waals surface area contributed by atoms with Crippen molar-refractivity contribution in [3.8, 4) is 0 Å². The number of carbonyl (C=O) groups is 1. The molecule has 1 aliphatic rings. The van der Waals surface area contributed by atoms with E-state index in [1.54, 1.807) is 7.11 Å². The van der Waals surface area contributed by atoms with Gasteiger partial charge in [0, 0.05) is 45.5 Å². The van der Waals surface area contributed by atoms with Crippen molar-refractivity contribution in [1.29, 1.82) is 0 Å². The van der Waals surface area contributed by atoms with E-state index in [1.165, 1.54) is 19.3 Å². The molecule has 158 valence electrons. The van der Waals surface area contributed by atoms with Crippen LogP contribution in [-0.2, 0) is 4.74 Å². The summed E-state index contributed by atoms with van der Waals surface area (Å²) >= 11 is 0. The average Bonchev–Trinajstić information content (AvgIpc) is 2.67. The lowest BCUT2D eigenvalue weighted by atomic mass is 9.67. The van der Waals surface area contributed by atoms with Gasteiger partial charge in [-0.3, -0.25) is 9.79 Å². The van der Waals surface area contributed by atoms with Gasteiger partial charge < -0.3 is 20.7 Å². The topological polar surface area (TPSA) is 74.8 Å². The summed E-state index contributed by atoms with van der Waals surface area (Å²) < 4.78 is 5.26. The number of nitrogens with zero attached hydrogens (tertiary/aromatic N) is 1. The van der Waals surface area contributed by atoms with Crippen molar-refractivity contribution in [2.75, 3.05) is 39.9 Å². The van der Waals surface area contributed by atoms with Gasteiger partial charge in [-0.1, -0.05) is 24.6 Å². The Morgan fingerprint density at radius 2 is 1.86 bits per heavy atom. The van der Waals surface area contributed by atoms with Crippen LogP contribution in [0.15, 0.2) is 35.3 Å². The maximum absolute atomic E-state index is 12.0. The number of amides is 1. The molecule has 0 aliphatic heterocycles. The molecule has 0 atom stereocenters. The summed E-state index contributed by atoms with van der Waals surface area (Å²) in [6.07, 6.45) is 5.70. The minimum Gasteiger partial charge on any atom is -0.385 e. The monoisotopic (exact) mass is 502 g/mol. The second kappa shape index (κ2) is 13.8. The van der Waals surface area contributed by atoms with Crippen LogP contribution < -0.4 is 16.0 Å². The van der Waals surface area contributed by atoms with E-state index in [4.69, 9.17) is 9.73 Å². The molecule has 1 saturated carbocycles. The molecule has 3 N–H and O–H groups in total. The Bertz CT molecular complexity index is 591. The van der Waals surface area contributed by atoms with Crippen LogP contribution >= 0.6 is 24.0 Å². The van der Waals surface area contributed by atoms with Gasteiger partial charge in [0.2, 0.25) is 0 Å². The van der Waals surface area contributed by atoms with E-state index >= 15 is 0 Å². The number of benzene rings is 1. The number of methoxy groups -OCH3 is 1. The third kappa shape index (κ3) is 8.34. The van der Waals surface area contributed by atoms with Crippen LogP contribution in [-0.4, -0.2) is 51.8 Å². The fraction of sp³-hybridized carbons (Fsp3) is 0.619. The molecular formula is C21H35IN4O2. The number of halogens is 1. The van der Waals surface area contributed by atoms with E-state index in [9.17, 15) is 4.79 Å². The highest BCUT2D eigenvalue weighted by Crippen LogP contribution is 2.44. The van der Waals surface area contributed by atoms with E-state index in [0.29, 0.717) is 17.5 Å². The predicted octanol–water partition coefficient (Wildman–Crippen LogP) is 3.19. The molecule has 0 spiro atoms. The van der Waals surface area contributed by atoms with E-state index in [2.05, 4.69) is 22.9 Å². The van der Waals surface area contributed by atoms with Crippen LogP contribution in [0.1, 0.15) is 49.4 Å². The third-order valence-electron chi connectivity index (χ3n) is 5.14. The van der Waals surface area contributed by atoms with Gasteiger partial charge in [0.05, 0.1) is 0 Å². The highest BCUT2D eigenvalue weighted by atomic mass is 127. The van der Waals surface area contributed by atoms with Crippen molar-refractivity contribution in [2.45, 2.75) is 39.0 Å². The average molecular weight is 502 g/mol. The summed E-state index contributed by atoms with van der Waals surface area (Å²) in [7, 11) is 1.76. The van der Waals surface area contributed by atoms with Gasteiger partial charge in [0.25, 0.3) is 5.91 Å². The van der Waals surface area contributed by atoms with Crippen molar-refractivity contribution in [2.24, 2.45) is 10.4 Å². The Labute approximate surface area is 186 Å². The first-order chi connectivity index (χ1) is 13.2. The fourth-order valence-corrected chi connectivity index (χ4v) is 3.26. The summed E-state index contributed by atoms with van der Waals surface area (Å²) in [5.74, 6) is 0.830. The summed E-state index contributed by atoms with van der Waals surface area (Å²) in [5.41, 5.74) is 1.02. The van der Waals surface area contributed by atoms with Crippen LogP contribution in [0.4, 0.5) is 0 Å². The molecule has 0 heterocycles. The fourth-order valence-electron chi connectivity index (χ4n) is 3.26. The first-order valence-electron chi connectivity index (χ1n) is 10.0. The van der Waals surface area contributed by atoms with Crippen molar-refractivity contribution < 1.29 is 9.53 Å². The molecule has 0 aromatic heterocycles. The summed E-state index contributed by atoms with van der Waals surface area (Å²) in [6, 6.07) is 9.30. The molecule has 0 radical (unpaired) electrons. The zero-order valence-corrected chi connectivity index (χ0v) is 19.5. The summed E-state index contributed by atoms with van der Waals surface area (Å²) in [5, 5.41) is 9.62. The first kappa shape index (κ1) is 24.7. The number of rotatable bonds is 11. The molecular weight excluding hydrogens is 467 g/mol. The molecule has 1 amide bonds. The number of guanidine groups is 1. The Morgan fingerprint density at radius 3 is 2.46 bits per heavy atom. The number of carbonyl (C=O) groups excluding carboxylic acids is 1. The lowest BCUT2D eigenvalue weighted by Gasteiger charge is -2.40. The van der Waals surface area contributed by atoms with Gasteiger partial charge >= 0.3 is 0 Å². The zero-order chi connectivity index (χ0) is 19.4. The second-order valence-electron chi connectivity index (χ2n) is 7.19. The SMILES string of the molecule is CCNC(=NCC1(CCOC)CCC1)NCCCNC(=O)c1ccccc1.I. The Morgan fingerprint density at radius 1 is 1.14 bits per heavy atom. The van der Waals surface area contributed by atoms with Crippen molar-refractivity contribution in [3.05, 3.63) is 35.9 Å². The minimum atomic E-state index is -0.0266. The molecule has 1 fully saturated rings. The molecule has 1 aromatic carbocycles. The van der Waals surface area contributed by atoms with Gasteiger partial charge in [-0.05, 0) is 50.2 Å². The lowest BCUT2D eigenvalue weighted by Crippen LogP contribution is -2.41. The van der Waals surface area contributed by atoms with E-state index in [1.807, 2.05) is 30.3 Å². The largest absolute Gasteiger partial charge is 0.385 e. The van der Waals surface area contributed by atoms with Crippen molar-refractivity contribution in [3.63, 3.8) is 0 Å². The number of hydrogen-bond donors (Lipinski definition) is 3. The molecule has 0 saturated heterocycles. The van der Waals surface area contributed by atoms with Gasteiger partial charge in [-0.2, -0.15) is 0 Å². The van der Waals surface area contributed by atoms with E-state index in [-0.39, 0.29) is 29.9 Å². The summed E-state index contributed by atoms with van der Waals surface area (Å²) in [4.78, 5) is 16.8. The van der Waals surface area contributed by atoms with Crippen LogP contribution in [0.2, 0.25) is 0 Å². The number of aliphatic imine (C=N–C) groups is 1. The van der Waals surface area contributed by atoms with Gasteiger partial charge in [-0.25, -0.2) is 0 Å². The first-order valence-corrected chi connectivity index (χ1v) is 10.0. The van der Waals surface area contributed by atoms with Crippen molar-refractivity contribution in [1.82, 2.24) is 16.0 Å². The highest BCUT2D eigenvalue weighted by Gasteiger charge is 2.36. The van der Waals surface area contributed by atoms with E-state index < -0.39 is 0 Å². The Kier molecular flexibility index (Phi) is 12.1. The Hall–Kier alpha value is -1.35. The molecule has 1 aromatic rings. The number of hydrogen-bond acceptors (Lipinski definition) is 3. The number of nitrogens with one attached hydrogen (secondary N) is 3. The van der Waals surface area contributed by atoms with Crippen LogP contribution in [0, 0.1) is 5.41 Å². The quantitative estimate of drug-likeness (QED) is 0.188. The van der Waals surface area contributed by atoms with Crippen LogP contribution in [0.25, 0.3) is 0 Å². The van der Waals surface area contributed by atoms with E-state index in [0.717, 1.165) is 45.0 Å². The molecule has 1 aliphatic carbocycles. The number of ether oxygens (including phenoxy) is 1. The molecule has 0 bridgehead atoms. The molecule has 2 rings (SSSR count). The maximum Gasteiger partial charge on any atom is 0.251 e. The highest BCUT2D eigenvalue weighted by molar-refractivity contribution is 14.0. The van der Waals surface area contributed by atoms with Gasteiger partial charge in [-0.15, -0.1) is 24.0 Å². The minimum absolute atomic E-state index is 0.